The Hall–Kier alpha value is -5.63. The average Bonchev–Trinajstić information content (AvgIpc) is 3.41. The molecule has 3 aromatic rings. The number of urea groups is 1. The molecule has 3 aromatic carbocycles. The Morgan fingerprint density at radius 2 is 1.46 bits per heavy atom. The first-order valence-electron chi connectivity index (χ1n) is 16.5. The zero-order valence-corrected chi connectivity index (χ0v) is 28.4. The van der Waals surface area contributed by atoms with Crippen LogP contribution in [0.2, 0.25) is 0 Å². The normalized spacial score (nSPS) is 12.9. The first kappa shape index (κ1) is 37.2. The van der Waals surface area contributed by atoms with Crippen molar-refractivity contribution in [2.45, 2.75) is 51.5 Å². The number of anilines is 1. The minimum absolute atomic E-state index is 0.0164. The number of carbonyl (C=O) groups is 5. The molecule has 0 saturated carbocycles. The van der Waals surface area contributed by atoms with E-state index in [1.54, 1.807) is 38.1 Å². The topological polar surface area (TPSA) is 207 Å². The highest BCUT2D eigenvalue weighted by Crippen LogP contribution is 2.45. The van der Waals surface area contributed by atoms with Gasteiger partial charge < -0.3 is 42.2 Å². The van der Waals surface area contributed by atoms with Gasteiger partial charge in [0.2, 0.25) is 11.8 Å². The summed E-state index contributed by atoms with van der Waals surface area (Å²) in [4.78, 5) is 65.1. The molecule has 2 atom stereocenters. The summed E-state index contributed by atoms with van der Waals surface area (Å²) in [7, 11) is 1.50. The Balaban J connectivity index is 1.44. The van der Waals surface area contributed by atoms with E-state index in [0.29, 0.717) is 30.8 Å². The number of carbonyl (C=O) groups excluding carboxylic acids is 5. The zero-order valence-electron chi connectivity index (χ0n) is 28.4. The smallest absolute Gasteiger partial charge is 0.411 e. The number of nitrogens with zero attached hydrogens (tertiary/aromatic N) is 1. The van der Waals surface area contributed by atoms with Crippen molar-refractivity contribution >= 4 is 35.7 Å². The van der Waals surface area contributed by atoms with Gasteiger partial charge >= 0.3 is 18.2 Å². The number of rotatable bonds is 15. The van der Waals surface area contributed by atoms with Crippen LogP contribution in [0.15, 0.2) is 72.8 Å². The number of benzene rings is 3. The number of alkyl carbamates (subject to hydrolysis) is 1. The molecule has 1 aliphatic rings. The molecule has 0 radical (unpaired) electrons. The minimum atomic E-state index is -1.02. The second-order valence-electron chi connectivity index (χ2n) is 12.2. The lowest BCUT2D eigenvalue weighted by atomic mass is 10.0. The summed E-state index contributed by atoms with van der Waals surface area (Å²) in [5.41, 5.74) is 15.4. The highest BCUT2D eigenvalue weighted by Gasteiger charge is 2.37. The monoisotopic (exact) mass is 687 g/mol. The third kappa shape index (κ3) is 9.72. The fourth-order valence-corrected chi connectivity index (χ4v) is 5.79. The lowest BCUT2D eigenvalue weighted by molar-refractivity contribution is -0.131. The Bertz CT molecular complexity index is 1620. The molecule has 14 nitrogen and oxygen atoms in total. The molecular weight excluding hydrogens is 642 g/mol. The molecule has 4 rings (SSSR count). The molecule has 50 heavy (non-hydrogen) atoms. The van der Waals surface area contributed by atoms with E-state index < -0.39 is 48.2 Å². The van der Waals surface area contributed by atoms with Crippen molar-refractivity contribution in [1.29, 1.82) is 0 Å². The van der Waals surface area contributed by atoms with E-state index in [1.165, 1.54) is 11.9 Å². The quantitative estimate of drug-likeness (QED) is 0.130. The van der Waals surface area contributed by atoms with Gasteiger partial charge in [0.25, 0.3) is 0 Å². The van der Waals surface area contributed by atoms with Gasteiger partial charge in [0.15, 0.2) is 6.10 Å². The number of nitrogens with two attached hydrogens (primary N) is 2. The lowest BCUT2D eigenvalue weighted by Crippen LogP contribution is -2.55. The standard InChI is InChI=1S/C36H45N7O7/c1-22(2)30(43(3)36(48)50-31-27-11-6-4-9-25(27)26-10-5-7-12-28(26)31)33(45)42-29(13-8-19-39-34(38)46)32(44)41-24-16-14-23(15-17-24)21-49-35(47)40-20-18-37/h4-7,9-12,14-17,22,29-31H,8,13,18-21,37H2,1-3H3,(H,40,47)(H,41,44)(H,42,45)(H3,38,39,46)/t29-,30-/m0/s1. The van der Waals surface area contributed by atoms with Crippen LogP contribution in [0.1, 0.15) is 49.5 Å². The maximum atomic E-state index is 13.8. The van der Waals surface area contributed by atoms with Gasteiger partial charge in [-0.25, -0.2) is 14.4 Å². The van der Waals surface area contributed by atoms with Gasteiger partial charge in [-0.1, -0.05) is 74.5 Å². The molecule has 0 aliphatic heterocycles. The molecular formula is C36H45N7O7. The summed E-state index contributed by atoms with van der Waals surface area (Å²) in [6.07, 6.45) is -1.44. The molecule has 0 unspecified atom stereocenters. The van der Waals surface area contributed by atoms with Crippen molar-refractivity contribution in [2.24, 2.45) is 17.4 Å². The number of primary amides is 1. The largest absolute Gasteiger partial charge is 0.445 e. The van der Waals surface area contributed by atoms with Gasteiger partial charge in [-0.2, -0.15) is 0 Å². The Kier molecular flexibility index (Phi) is 13.1. The molecule has 0 bridgehead atoms. The van der Waals surface area contributed by atoms with Gasteiger partial charge in [0, 0.05) is 43.5 Å². The fourth-order valence-electron chi connectivity index (χ4n) is 5.79. The number of amides is 6. The van der Waals surface area contributed by atoms with E-state index in [2.05, 4.69) is 21.3 Å². The van der Waals surface area contributed by atoms with E-state index in [-0.39, 0.29) is 25.5 Å². The SMILES string of the molecule is CC(C)[C@@H](C(=O)N[C@@H](CCCNC(N)=O)C(=O)Nc1ccc(COC(=O)NCCN)cc1)N(C)C(=O)OC1c2ccccc2-c2ccccc21. The first-order valence-corrected chi connectivity index (χ1v) is 16.5. The van der Waals surface area contributed by atoms with Crippen LogP contribution in [0, 0.1) is 5.92 Å². The van der Waals surface area contributed by atoms with E-state index in [0.717, 1.165) is 22.3 Å². The van der Waals surface area contributed by atoms with Crippen LogP contribution in [0.4, 0.5) is 20.1 Å². The molecule has 0 heterocycles. The van der Waals surface area contributed by atoms with Crippen molar-refractivity contribution < 1.29 is 33.4 Å². The second kappa shape index (κ2) is 17.7. The Morgan fingerprint density at radius 3 is 2.04 bits per heavy atom. The molecule has 0 saturated heterocycles. The molecule has 0 fully saturated rings. The highest BCUT2D eigenvalue weighted by atomic mass is 16.6. The highest BCUT2D eigenvalue weighted by molar-refractivity contribution is 5.98. The van der Waals surface area contributed by atoms with Crippen LogP contribution in [-0.2, 0) is 25.7 Å². The van der Waals surface area contributed by atoms with E-state index in [9.17, 15) is 24.0 Å². The number of nitrogens with one attached hydrogen (secondary N) is 4. The maximum Gasteiger partial charge on any atom is 0.411 e. The van der Waals surface area contributed by atoms with Crippen LogP contribution in [0.5, 0.6) is 0 Å². The summed E-state index contributed by atoms with van der Waals surface area (Å²) in [6, 6.07) is 19.4. The van der Waals surface area contributed by atoms with Gasteiger partial charge in [-0.05, 0) is 47.6 Å². The summed E-state index contributed by atoms with van der Waals surface area (Å²) in [5, 5.41) is 10.6. The van der Waals surface area contributed by atoms with Crippen LogP contribution in [-0.4, -0.2) is 73.7 Å². The maximum absolute atomic E-state index is 13.8. The third-order valence-electron chi connectivity index (χ3n) is 8.21. The summed E-state index contributed by atoms with van der Waals surface area (Å²) >= 11 is 0. The van der Waals surface area contributed by atoms with E-state index in [4.69, 9.17) is 20.9 Å². The van der Waals surface area contributed by atoms with Crippen molar-refractivity contribution in [3.8, 4) is 11.1 Å². The minimum Gasteiger partial charge on any atom is -0.445 e. The Morgan fingerprint density at radius 1 is 0.840 bits per heavy atom. The summed E-state index contributed by atoms with van der Waals surface area (Å²) in [5.74, 6) is -1.40. The van der Waals surface area contributed by atoms with Gasteiger partial charge in [0.1, 0.15) is 18.7 Å². The number of ether oxygens (including phenoxy) is 2. The first-order chi connectivity index (χ1) is 24.0. The third-order valence-corrected chi connectivity index (χ3v) is 8.21. The zero-order chi connectivity index (χ0) is 36.2. The van der Waals surface area contributed by atoms with Crippen LogP contribution < -0.4 is 32.7 Å². The summed E-state index contributed by atoms with van der Waals surface area (Å²) in [6.45, 7) is 4.39. The number of hydrogen-bond acceptors (Lipinski definition) is 8. The fraction of sp³-hybridized carbons (Fsp3) is 0.361. The predicted octanol–water partition coefficient (Wildman–Crippen LogP) is 3.61. The van der Waals surface area contributed by atoms with Gasteiger partial charge in [-0.15, -0.1) is 0 Å². The van der Waals surface area contributed by atoms with Crippen molar-refractivity contribution in [1.82, 2.24) is 20.9 Å². The predicted molar refractivity (Wildman–Crippen MR) is 188 cm³/mol. The van der Waals surface area contributed by atoms with Crippen molar-refractivity contribution in [2.75, 3.05) is 32.0 Å². The van der Waals surface area contributed by atoms with Crippen molar-refractivity contribution in [3.05, 3.63) is 89.5 Å². The van der Waals surface area contributed by atoms with Crippen LogP contribution in [0.3, 0.4) is 0 Å². The van der Waals surface area contributed by atoms with E-state index in [1.807, 2.05) is 48.5 Å². The number of hydrogen-bond donors (Lipinski definition) is 6. The van der Waals surface area contributed by atoms with Crippen molar-refractivity contribution in [3.63, 3.8) is 0 Å². The number of fused-ring (bicyclic) bond motifs is 3. The van der Waals surface area contributed by atoms with Gasteiger partial charge in [0.05, 0.1) is 0 Å². The second-order valence-corrected chi connectivity index (χ2v) is 12.2. The molecule has 14 heteroatoms. The average molecular weight is 688 g/mol. The van der Waals surface area contributed by atoms with E-state index >= 15 is 0 Å². The molecule has 266 valence electrons. The molecule has 0 aromatic heterocycles. The number of likely N-dealkylation sites (N-methyl/N-ethyl adjacent to an activating group) is 1. The van der Waals surface area contributed by atoms with Crippen LogP contribution >= 0.6 is 0 Å². The molecule has 6 amide bonds. The van der Waals surface area contributed by atoms with Crippen LogP contribution in [0.25, 0.3) is 11.1 Å². The summed E-state index contributed by atoms with van der Waals surface area (Å²) < 4.78 is 11.2. The van der Waals surface area contributed by atoms with Gasteiger partial charge in [-0.3, -0.25) is 14.5 Å². The Labute approximate surface area is 291 Å². The molecule has 1 aliphatic carbocycles. The molecule has 0 spiro atoms. The molecule has 8 N–H and O–H groups in total. The lowest BCUT2D eigenvalue weighted by Gasteiger charge is -2.32.